The SMILES string of the molecule is CCCNc1cnn(CC(=O)N(CC)C2CC2)c(=O)c1. The predicted octanol–water partition coefficient (Wildman–Crippen LogP) is 1.08. The summed E-state index contributed by atoms with van der Waals surface area (Å²) in [6, 6.07) is 1.86. The van der Waals surface area contributed by atoms with Gasteiger partial charge in [-0.2, -0.15) is 5.10 Å². The van der Waals surface area contributed by atoms with E-state index in [2.05, 4.69) is 17.3 Å². The summed E-state index contributed by atoms with van der Waals surface area (Å²) < 4.78 is 1.23. The molecule has 1 saturated carbocycles. The third-order valence-corrected chi connectivity index (χ3v) is 3.38. The highest BCUT2D eigenvalue weighted by Crippen LogP contribution is 2.26. The zero-order chi connectivity index (χ0) is 14.5. The number of anilines is 1. The van der Waals surface area contributed by atoms with E-state index in [4.69, 9.17) is 0 Å². The first-order valence-electron chi connectivity index (χ1n) is 7.26. The van der Waals surface area contributed by atoms with Crippen molar-refractivity contribution < 1.29 is 4.79 Å². The van der Waals surface area contributed by atoms with Crippen molar-refractivity contribution in [3.05, 3.63) is 22.6 Å². The van der Waals surface area contributed by atoms with Crippen LogP contribution in [0.5, 0.6) is 0 Å². The van der Waals surface area contributed by atoms with Crippen molar-refractivity contribution in [3.63, 3.8) is 0 Å². The number of carbonyl (C=O) groups is 1. The second kappa shape index (κ2) is 6.54. The van der Waals surface area contributed by atoms with E-state index < -0.39 is 0 Å². The van der Waals surface area contributed by atoms with Gasteiger partial charge in [-0.3, -0.25) is 9.59 Å². The lowest BCUT2D eigenvalue weighted by Crippen LogP contribution is -2.38. The maximum absolute atomic E-state index is 12.1. The number of hydrogen-bond donors (Lipinski definition) is 1. The highest BCUT2D eigenvalue weighted by atomic mass is 16.2. The normalized spacial score (nSPS) is 14.1. The van der Waals surface area contributed by atoms with Crippen molar-refractivity contribution in [2.24, 2.45) is 0 Å². The lowest BCUT2D eigenvalue weighted by Gasteiger charge is -2.20. The lowest BCUT2D eigenvalue weighted by atomic mass is 10.4. The molecular weight excluding hydrogens is 256 g/mol. The number of nitrogens with zero attached hydrogens (tertiary/aromatic N) is 3. The molecule has 0 atom stereocenters. The molecule has 110 valence electrons. The van der Waals surface area contributed by atoms with E-state index in [1.165, 1.54) is 10.7 Å². The van der Waals surface area contributed by atoms with Crippen molar-refractivity contribution in [1.29, 1.82) is 0 Å². The Hall–Kier alpha value is -1.85. The van der Waals surface area contributed by atoms with Gasteiger partial charge >= 0.3 is 0 Å². The van der Waals surface area contributed by atoms with Gasteiger partial charge in [0, 0.05) is 25.2 Å². The summed E-state index contributed by atoms with van der Waals surface area (Å²) in [5, 5.41) is 7.17. The number of carbonyl (C=O) groups excluding carboxylic acids is 1. The molecule has 1 fully saturated rings. The Kier molecular flexibility index (Phi) is 4.76. The Bertz CT molecular complexity index is 522. The second-order valence-corrected chi connectivity index (χ2v) is 5.08. The summed E-state index contributed by atoms with van der Waals surface area (Å²) >= 11 is 0. The Labute approximate surface area is 118 Å². The van der Waals surface area contributed by atoms with Crippen LogP contribution >= 0.6 is 0 Å². The number of hydrogen-bond acceptors (Lipinski definition) is 4. The van der Waals surface area contributed by atoms with Gasteiger partial charge in [0.2, 0.25) is 5.91 Å². The van der Waals surface area contributed by atoms with Crippen molar-refractivity contribution in [2.75, 3.05) is 18.4 Å². The molecular formula is C14H22N4O2. The molecule has 1 aromatic rings. The summed E-state index contributed by atoms with van der Waals surface area (Å²) in [7, 11) is 0. The minimum Gasteiger partial charge on any atom is -0.384 e. The van der Waals surface area contributed by atoms with Crippen molar-refractivity contribution in [2.45, 2.75) is 45.7 Å². The molecule has 1 amide bonds. The van der Waals surface area contributed by atoms with Gasteiger partial charge in [0.1, 0.15) is 6.54 Å². The van der Waals surface area contributed by atoms with Crippen LogP contribution in [-0.4, -0.2) is 39.7 Å². The second-order valence-electron chi connectivity index (χ2n) is 5.08. The van der Waals surface area contributed by atoms with Crippen LogP contribution in [0.4, 0.5) is 5.69 Å². The fraction of sp³-hybridized carbons (Fsp3) is 0.643. The molecule has 0 aliphatic heterocycles. The van der Waals surface area contributed by atoms with Gasteiger partial charge in [0.05, 0.1) is 11.9 Å². The summed E-state index contributed by atoms with van der Waals surface area (Å²) in [5.41, 5.74) is 0.460. The van der Waals surface area contributed by atoms with Gasteiger partial charge in [0.15, 0.2) is 0 Å². The molecule has 20 heavy (non-hydrogen) atoms. The molecule has 1 heterocycles. The number of aromatic nitrogens is 2. The Morgan fingerprint density at radius 3 is 2.80 bits per heavy atom. The molecule has 0 bridgehead atoms. The summed E-state index contributed by atoms with van der Waals surface area (Å²) in [6.45, 7) is 5.53. The number of nitrogens with one attached hydrogen (secondary N) is 1. The van der Waals surface area contributed by atoms with E-state index in [-0.39, 0.29) is 18.0 Å². The van der Waals surface area contributed by atoms with Crippen LogP contribution in [0.25, 0.3) is 0 Å². The molecule has 1 aromatic heterocycles. The highest BCUT2D eigenvalue weighted by Gasteiger charge is 2.31. The fourth-order valence-corrected chi connectivity index (χ4v) is 2.16. The number of amides is 1. The van der Waals surface area contributed by atoms with Crippen LogP contribution in [-0.2, 0) is 11.3 Å². The van der Waals surface area contributed by atoms with Gasteiger partial charge in [0.25, 0.3) is 5.56 Å². The van der Waals surface area contributed by atoms with Crippen LogP contribution in [0.1, 0.15) is 33.1 Å². The largest absolute Gasteiger partial charge is 0.384 e. The molecule has 0 saturated heterocycles. The smallest absolute Gasteiger partial charge is 0.269 e. The average molecular weight is 278 g/mol. The summed E-state index contributed by atoms with van der Waals surface area (Å²) in [4.78, 5) is 25.9. The molecule has 1 aliphatic carbocycles. The number of rotatable bonds is 7. The van der Waals surface area contributed by atoms with E-state index in [1.54, 1.807) is 6.20 Å². The minimum absolute atomic E-state index is 0.0250. The predicted molar refractivity (Wildman–Crippen MR) is 77.7 cm³/mol. The molecule has 6 nitrogen and oxygen atoms in total. The minimum atomic E-state index is -0.244. The first-order valence-corrected chi connectivity index (χ1v) is 7.26. The molecule has 2 rings (SSSR count). The van der Waals surface area contributed by atoms with Crippen LogP contribution < -0.4 is 10.9 Å². The Morgan fingerprint density at radius 2 is 2.25 bits per heavy atom. The zero-order valence-corrected chi connectivity index (χ0v) is 12.1. The Morgan fingerprint density at radius 1 is 1.50 bits per heavy atom. The van der Waals surface area contributed by atoms with Gasteiger partial charge < -0.3 is 10.2 Å². The first-order chi connectivity index (χ1) is 9.65. The van der Waals surface area contributed by atoms with E-state index in [9.17, 15) is 9.59 Å². The molecule has 0 radical (unpaired) electrons. The van der Waals surface area contributed by atoms with Gasteiger partial charge in [-0.1, -0.05) is 6.92 Å². The van der Waals surface area contributed by atoms with Gasteiger partial charge in [-0.25, -0.2) is 4.68 Å². The molecule has 0 aromatic carbocycles. The third-order valence-electron chi connectivity index (χ3n) is 3.38. The molecule has 0 spiro atoms. The quantitative estimate of drug-likeness (QED) is 0.810. The van der Waals surface area contributed by atoms with Crippen LogP contribution in [0.3, 0.4) is 0 Å². The van der Waals surface area contributed by atoms with Crippen LogP contribution in [0, 0.1) is 0 Å². The molecule has 0 unspecified atom stereocenters. The zero-order valence-electron chi connectivity index (χ0n) is 12.1. The highest BCUT2D eigenvalue weighted by molar-refractivity contribution is 5.76. The standard InChI is InChI=1S/C14H22N4O2/c1-3-7-15-11-8-13(19)18(16-9-11)10-14(20)17(4-2)12-5-6-12/h8-9,12,15H,3-7,10H2,1-2H3. The van der Waals surface area contributed by atoms with Gasteiger partial charge in [-0.15, -0.1) is 0 Å². The molecule has 1 N–H and O–H groups in total. The maximum Gasteiger partial charge on any atom is 0.269 e. The molecule has 6 heteroatoms. The van der Waals surface area contributed by atoms with E-state index in [0.717, 1.165) is 25.8 Å². The third kappa shape index (κ3) is 3.59. The summed E-state index contributed by atoms with van der Waals surface area (Å²) in [5.74, 6) is -0.0288. The van der Waals surface area contributed by atoms with Crippen molar-refractivity contribution >= 4 is 11.6 Å². The number of likely N-dealkylation sites (N-methyl/N-ethyl adjacent to an activating group) is 1. The maximum atomic E-state index is 12.1. The van der Waals surface area contributed by atoms with Crippen molar-refractivity contribution in [3.8, 4) is 0 Å². The topological polar surface area (TPSA) is 67.2 Å². The fourth-order valence-electron chi connectivity index (χ4n) is 2.16. The average Bonchev–Trinajstić information content (AvgIpc) is 3.24. The van der Waals surface area contributed by atoms with Crippen molar-refractivity contribution in [1.82, 2.24) is 14.7 Å². The van der Waals surface area contributed by atoms with Crippen LogP contribution in [0.2, 0.25) is 0 Å². The van der Waals surface area contributed by atoms with E-state index >= 15 is 0 Å². The Balaban J connectivity index is 2.01. The molecule has 1 aliphatic rings. The van der Waals surface area contributed by atoms with E-state index in [0.29, 0.717) is 18.3 Å². The summed E-state index contributed by atoms with van der Waals surface area (Å²) in [6.07, 6.45) is 4.72. The van der Waals surface area contributed by atoms with Gasteiger partial charge in [-0.05, 0) is 26.2 Å². The first kappa shape index (κ1) is 14.6. The lowest BCUT2D eigenvalue weighted by molar-refractivity contribution is -0.132. The monoisotopic (exact) mass is 278 g/mol. The van der Waals surface area contributed by atoms with E-state index in [1.807, 2.05) is 11.8 Å². The van der Waals surface area contributed by atoms with Crippen LogP contribution in [0.15, 0.2) is 17.1 Å².